The number of rotatable bonds is 1. The number of halogens is 1. The summed E-state index contributed by atoms with van der Waals surface area (Å²) in [6.07, 6.45) is -0.972. The van der Waals surface area contributed by atoms with Crippen molar-refractivity contribution in [2.24, 2.45) is 0 Å². The molecular formula is C11H14ClN5O3. The Kier molecular flexibility index (Phi) is 2.87. The highest BCUT2D eigenvalue weighted by atomic mass is 35.5. The van der Waals surface area contributed by atoms with Crippen molar-refractivity contribution in [3.8, 4) is 0 Å². The third-order valence-corrected chi connectivity index (χ3v) is 3.73. The van der Waals surface area contributed by atoms with Crippen LogP contribution >= 0.6 is 11.6 Å². The zero-order valence-electron chi connectivity index (χ0n) is 10.9. The Morgan fingerprint density at radius 2 is 2.20 bits per heavy atom. The highest BCUT2D eigenvalue weighted by Gasteiger charge is 2.51. The van der Waals surface area contributed by atoms with Crippen LogP contribution in [0.5, 0.6) is 0 Å². The fourth-order valence-electron chi connectivity index (χ4n) is 2.47. The van der Waals surface area contributed by atoms with Gasteiger partial charge in [0.05, 0.1) is 12.4 Å². The van der Waals surface area contributed by atoms with Crippen LogP contribution in [0.3, 0.4) is 0 Å². The molecule has 0 spiro atoms. The van der Waals surface area contributed by atoms with E-state index in [1.54, 1.807) is 6.92 Å². The fourth-order valence-corrected chi connectivity index (χ4v) is 2.64. The lowest BCUT2D eigenvalue weighted by Gasteiger charge is -2.27. The van der Waals surface area contributed by atoms with Gasteiger partial charge in [-0.25, -0.2) is 4.98 Å². The molecule has 20 heavy (non-hydrogen) atoms. The van der Waals surface area contributed by atoms with E-state index in [0.29, 0.717) is 11.2 Å². The van der Waals surface area contributed by atoms with E-state index in [1.165, 1.54) is 17.8 Å². The first-order valence-corrected chi connectivity index (χ1v) is 6.41. The standard InChI is InChI=1S/C11H14ClN5O3/c1-4-6(18)11(2,19)9(20-4)17-3-14-5-7(13)15-10(12)16-8(5)17/h3-4,6,9,18-19H,1-2H3,(H2,13,15,16)/t4-,6?,9-,11+/m1/s1. The first-order valence-electron chi connectivity index (χ1n) is 6.04. The summed E-state index contributed by atoms with van der Waals surface area (Å²) >= 11 is 5.79. The zero-order chi connectivity index (χ0) is 14.7. The molecule has 9 heteroatoms. The predicted octanol–water partition coefficient (Wildman–Crippen LogP) is 0.0911. The Labute approximate surface area is 119 Å². The third-order valence-electron chi connectivity index (χ3n) is 3.56. The van der Waals surface area contributed by atoms with Crippen LogP contribution in [0.1, 0.15) is 20.1 Å². The van der Waals surface area contributed by atoms with Crippen LogP contribution < -0.4 is 5.73 Å². The van der Waals surface area contributed by atoms with Gasteiger partial charge in [0, 0.05) is 0 Å². The number of aliphatic hydroxyl groups is 2. The van der Waals surface area contributed by atoms with Gasteiger partial charge in [0.25, 0.3) is 0 Å². The molecule has 1 fully saturated rings. The number of hydrogen-bond acceptors (Lipinski definition) is 7. The van der Waals surface area contributed by atoms with Crippen molar-refractivity contribution in [3.05, 3.63) is 11.6 Å². The van der Waals surface area contributed by atoms with Gasteiger partial charge < -0.3 is 20.7 Å². The smallest absolute Gasteiger partial charge is 0.226 e. The molecule has 0 amide bonds. The van der Waals surface area contributed by atoms with Gasteiger partial charge in [-0.1, -0.05) is 0 Å². The van der Waals surface area contributed by atoms with E-state index in [1.807, 2.05) is 0 Å². The number of nitrogens with zero attached hydrogens (tertiary/aromatic N) is 4. The first kappa shape index (κ1) is 13.5. The summed E-state index contributed by atoms with van der Waals surface area (Å²) in [6, 6.07) is 0. The monoisotopic (exact) mass is 299 g/mol. The van der Waals surface area contributed by atoms with Crippen molar-refractivity contribution in [2.45, 2.75) is 37.9 Å². The predicted molar refractivity (Wildman–Crippen MR) is 71.0 cm³/mol. The molecule has 0 radical (unpaired) electrons. The number of anilines is 1. The molecule has 0 aromatic carbocycles. The second kappa shape index (κ2) is 4.26. The minimum Gasteiger partial charge on any atom is -0.387 e. The maximum absolute atomic E-state index is 10.4. The molecule has 1 aliphatic rings. The molecule has 1 saturated heterocycles. The molecule has 0 aliphatic carbocycles. The second-order valence-electron chi connectivity index (χ2n) is 5.07. The highest BCUT2D eigenvalue weighted by molar-refractivity contribution is 6.28. The number of nitrogens with two attached hydrogens (primary N) is 1. The topological polar surface area (TPSA) is 119 Å². The Morgan fingerprint density at radius 1 is 1.50 bits per heavy atom. The number of nitrogen functional groups attached to an aromatic ring is 1. The number of hydrogen-bond donors (Lipinski definition) is 3. The average Bonchev–Trinajstić information content (AvgIpc) is 2.85. The van der Waals surface area contributed by atoms with Gasteiger partial charge in [0.2, 0.25) is 5.28 Å². The van der Waals surface area contributed by atoms with E-state index in [-0.39, 0.29) is 11.1 Å². The van der Waals surface area contributed by atoms with Crippen LogP contribution in [0.25, 0.3) is 11.2 Å². The molecule has 108 valence electrons. The summed E-state index contributed by atoms with van der Waals surface area (Å²) < 4.78 is 7.09. The molecule has 4 atom stereocenters. The van der Waals surface area contributed by atoms with Crippen LogP contribution in [0, 0.1) is 0 Å². The van der Waals surface area contributed by atoms with Crippen molar-refractivity contribution in [1.29, 1.82) is 0 Å². The van der Waals surface area contributed by atoms with Gasteiger partial charge in [-0.3, -0.25) is 4.57 Å². The van der Waals surface area contributed by atoms with Crippen molar-refractivity contribution in [1.82, 2.24) is 19.5 Å². The van der Waals surface area contributed by atoms with Crippen LogP contribution in [0.15, 0.2) is 6.33 Å². The molecule has 0 saturated carbocycles. The largest absolute Gasteiger partial charge is 0.387 e. The van der Waals surface area contributed by atoms with E-state index >= 15 is 0 Å². The number of aliphatic hydroxyl groups excluding tert-OH is 1. The van der Waals surface area contributed by atoms with Crippen LogP contribution in [-0.2, 0) is 4.74 Å². The third kappa shape index (κ3) is 1.76. The Bertz CT molecular complexity index is 673. The van der Waals surface area contributed by atoms with E-state index in [0.717, 1.165) is 0 Å². The van der Waals surface area contributed by atoms with Gasteiger partial charge in [-0.05, 0) is 25.4 Å². The van der Waals surface area contributed by atoms with Crippen LogP contribution in [0.4, 0.5) is 5.82 Å². The Balaban J connectivity index is 2.16. The van der Waals surface area contributed by atoms with Gasteiger partial charge >= 0.3 is 0 Å². The molecule has 3 rings (SSSR count). The van der Waals surface area contributed by atoms with E-state index in [2.05, 4.69) is 15.0 Å². The van der Waals surface area contributed by atoms with Gasteiger partial charge in [0.15, 0.2) is 17.7 Å². The van der Waals surface area contributed by atoms with Crippen molar-refractivity contribution >= 4 is 28.6 Å². The summed E-state index contributed by atoms with van der Waals surface area (Å²) in [5.74, 6) is 0.144. The summed E-state index contributed by atoms with van der Waals surface area (Å²) in [7, 11) is 0. The molecule has 3 heterocycles. The SMILES string of the molecule is C[C@H]1O[C@@H](n2cnc3c(N)nc(Cl)nc32)[C@@](C)(O)C1O. The van der Waals surface area contributed by atoms with Crippen LogP contribution in [0.2, 0.25) is 5.28 Å². The van der Waals surface area contributed by atoms with Gasteiger partial charge in [-0.2, -0.15) is 9.97 Å². The molecule has 8 nitrogen and oxygen atoms in total. The summed E-state index contributed by atoms with van der Waals surface area (Å²) in [6.45, 7) is 3.17. The fraction of sp³-hybridized carbons (Fsp3) is 0.545. The zero-order valence-corrected chi connectivity index (χ0v) is 11.6. The lowest BCUT2D eigenvalue weighted by Crippen LogP contribution is -2.43. The van der Waals surface area contributed by atoms with Gasteiger partial charge in [0.1, 0.15) is 17.2 Å². The average molecular weight is 300 g/mol. The molecule has 2 aromatic rings. The minimum absolute atomic E-state index is 0.0250. The number of fused-ring (bicyclic) bond motifs is 1. The van der Waals surface area contributed by atoms with Crippen LogP contribution in [-0.4, -0.2) is 47.5 Å². The maximum Gasteiger partial charge on any atom is 0.226 e. The van der Waals surface area contributed by atoms with E-state index in [9.17, 15) is 10.2 Å². The van der Waals surface area contributed by atoms with E-state index < -0.39 is 24.0 Å². The van der Waals surface area contributed by atoms with Gasteiger partial charge in [-0.15, -0.1) is 0 Å². The summed E-state index contributed by atoms with van der Waals surface area (Å²) in [4.78, 5) is 12.0. The number of ether oxygens (including phenoxy) is 1. The first-order chi connectivity index (χ1) is 9.32. The minimum atomic E-state index is -1.49. The Hall–Kier alpha value is -1.48. The highest BCUT2D eigenvalue weighted by Crippen LogP contribution is 2.39. The van der Waals surface area contributed by atoms with Crippen molar-refractivity contribution in [2.75, 3.05) is 5.73 Å². The van der Waals surface area contributed by atoms with E-state index in [4.69, 9.17) is 22.1 Å². The normalized spacial score (nSPS) is 34.0. The molecule has 4 N–H and O–H groups in total. The van der Waals surface area contributed by atoms with Crippen molar-refractivity contribution < 1.29 is 14.9 Å². The Morgan fingerprint density at radius 3 is 2.80 bits per heavy atom. The quantitative estimate of drug-likeness (QED) is 0.638. The summed E-state index contributed by atoms with van der Waals surface area (Å²) in [5.41, 5.74) is 4.95. The molecule has 1 unspecified atom stereocenters. The lowest BCUT2D eigenvalue weighted by atomic mass is 9.97. The number of aromatic nitrogens is 4. The second-order valence-corrected chi connectivity index (χ2v) is 5.40. The molecule has 1 aliphatic heterocycles. The summed E-state index contributed by atoms with van der Waals surface area (Å²) in [5, 5.41) is 20.4. The molecular weight excluding hydrogens is 286 g/mol. The number of imidazole rings is 1. The van der Waals surface area contributed by atoms with Crippen molar-refractivity contribution in [3.63, 3.8) is 0 Å². The molecule has 0 bridgehead atoms. The maximum atomic E-state index is 10.4. The molecule has 2 aromatic heterocycles. The lowest BCUT2D eigenvalue weighted by molar-refractivity contribution is -0.0936.